The lowest BCUT2D eigenvalue weighted by molar-refractivity contribution is -0.136. The molecule has 2 N–H and O–H groups in total. The third-order valence-electron chi connectivity index (χ3n) is 3.63. The lowest BCUT2D eigenvalue weighted by Crippen LogP contribution is -2.37. The summed E-state index contributed by atoms with van der Waals surface area (Å²) in [4.78, 5) is 24.2. The van der Waals surface area contributed by atoms with Gasteiger partial charge in [0.05, 0.1) is 10.9 Å². The number of hydrogen-bond acceptors (Lipinski definition) is 5. The zero-order valence-electron chi connectivity index (χ0n) is 14.4. The van der Waals surface area contributed by atoms with E-state index in [0.29, 0.717) is 17.1 Å². The molecule has 1 aromatic carbocycles. The molecule has 7 nitrogen and oxygen atoms in total. The number of anilines is 1. The van der Waals surface area contributed by atoms with Gasteiger partial charge in [-0.25, -0.2) is 8.42 Å². The minimum absolute atomic E-state index is 0.0632. The molecule has 2 aromatic rings. The maximum atomic E-state index is 12.1. The van der Waals surface area contributed by atoms with Gasteiger partial charge < -0.3 is 15.1 Å². The average molecular weight is 364 g/mol. The van der Waals surface area contributed by atoms with Gasteiger partial charge in [-0.2, -0.15) is 0 Å². The number of carbonyl (C=O) groups is 2. The molecular weight excluding hydrogens is 344 g/mol. The van der Waals surface area contributed by atoms with Crippen molar-refractivity contribution in [2.24, 2.45) is 0 Å². The van der Waals surface area contributed by atoms with E-state index in [-0.39, 0.29) is 10.6 Å². The highest BCUT2D eigenvalue weighted by Crippen LogP contribution is 2.20. The zero-order valence-corrected chi connectivity index (χ0v) is 15.2. The number of aryl methyl sites for hydroxylation is 2. The van der Waals surface area contributed by atoms with Gasteiger partial charge in [-0.05, 0) is 50.6 Å². The van der Waals surface area contributed by atoms with E-state index in [1.807, 2.05) is 0 Å². The molecule has 0 saturated heterocycles. The lowest BCUT2D eigenvalue weighted by Gasteiger charge is -2.13. The molecule has 0 spiro atoms. The summed E-state index contributed by atoms with van der Waals surface area (Å²) in [6.45, 7) is 5.18. The van der Waals surface area contributed by atoms with E-state index in [0.717, 1.165) is 6.26 Å². The van der Waals surface area contributed by atoms with Crippen LogP contribution in [0.15, 0.2) is 39.6 Å². The van der Waals surface area contributed by atoms with Crippen molar-refractivity contribution in [1.82, 2.24) is 5.32 Å². The summed E-state index contributed by atoms with van der Waals surface area (Å²) < 4.78 is 28.6. The number of hydrogen-bond donors (Lipinski definition) is 2. The molecule has 0 radical (unpaired) electrons. The van der Waals surface area contributed by atoms with Crippen molar-refractivity contribution < 1.29 is 22.4 Å². The van der Waals surface area contributed by atoms with E-state index in [2.05, 4.69) is 10.6 Å². The van der Waals surface area contributed by atoms with E-state index in [1.54, 1.807) is 39.0 Å². The lowest BCUT2D eigenvalue weighted by atomic mass is 10.2. The van der Waals surface area contributed by atoms with Crippen LogP contribution in [0, 0.1) is 13.8 Å². The first kappa shape index (κ1) is 18.7. The summed E-state index contributed by atoms with van der Waals surface area (Å²) in [7, 11) is -3.42. The molecule has 0 aliphatic rings. The molecule has 1 heterocycles. The van der Waals surface area contributed by atoms with Crippen LogP contribution in [0.1, 0.15) is 30.0 Å². The number of rotatable bonds is 4. The van der Waals surface area contributed by atoms with Gasteiger partial charge in [0.2, 0.25) is 0 Å². The van der Waals surface area contributed by atoms with E-state index >= 15 is 0 Å². The molecule has 2 rings (SSSR count). The molecule has 1 aromatic heterocycles. The smallest absolute Gasteiger partial charge is 0.313 e. The third kappa shape index (κ3) is 4.69. The number of benzene rings is 1. The minimum atomic E-state index is -3.42. The Balaban J connectivity index is 2.10. The highest BCUT2D eigenvalue weighted by Gasteiger charge is 2.20. The molecule has 0 aliphatic carbocycles. The molecule has 2 amide bonds. The van der Waals surface area contributed by atoms with Crippen LogP contribution in [-0.4, -0.2) is 26.5 Å². The average Bonchev–Trinajstić information content (AvgIpc) is 2.94. The van der Waals surface area contributed by atoms with Crippen LogP contribution < -0.4 is 10.6 Å². The van der Waals surface area contributed by atoms with Gasteiger partial charge in [0.25, 0.3) is 0 Å². The fraction of sp³-hybridized carbons (Fsp3) is 0.294. The number of sulfone groups is 1. The second kappa shape index (κ2) is 7.10. The van der Waals surface area contributed by atoms with Crippen LogP contribution in [0.2, 0.25) is 0 Å². The van der Waals surface area contributed by atoms with E-state index in [1.165, 1.54) is 12.1 Å². The molecule has 134 valence electrons. The monoisotopic (exact) mass is 364 g/mol. The number of furan rings is 1. The van der Waals surface area contributed by atoms with Crippen LogP contribution in [0.3, 0.4) is 0 Å². The van der Waals surface area contributed by atoms with Crippen molar-refractivity contribution >= 4 is 27.3 Å². The van der Waals surface area contributed by atoms with Gasteiger partial charge in [-0.15, -0.1) is 0 Å². The third-order valence-corrected chi connectivity index (χ3v) is 4.74. The summed E-state index contributed by atoms with van der Waals surface area (Å²) in [5, 5.41) is 4.97. The van der Waals surface area contributed by atoms with Crippen molar-refractivity contribution in [3.63, 3.8) is 0 Å². The Kier molecular flexibility index (Phi) is 5.32. The van der Waals surface area contributed by atoms with Crippen molar-refractivity contribution in [2.75, 3.05) is 11.6 Å². The van der Waals surface area contributed by atoms with E-state index in [9.17, 15) is 18.0 Å². The number of carbonyl (C=O) groups excluding carboxylic acids is 2. The Morgan fingerprint density at radius 3 is 2.32 bits per heavy atom. The molecule has 1 atom stereocenters. The van der Waals surface area contributed by atoms with Crippen molar-refractivity contribution in [2.45, 2.75) is 31.7 Å². The molecule has 0 unspecified atom stereocenters. The van der Waals surface area contributed by atoms with Crippen molar-refractivity contribution in [3.05, 3.63) is 47.4 Å². The van der Waals surface area contributed by atoms with Gasteiger partial charge >= 0.3 is 11.8 Å². The van der Waals surface area contributed by atoms with Crippen LogP contribution >= 0.6 is 0 Å². The van der Waals surface area contributed by atoms with E-state index < -0.39 is 27.7 Å². The summed E-state index contributed by atoms with van der Waals surface area (Å²) in [6, 6.07) is 7.35. The van der Waals surface area contributed by atoms with Gasteiger partial charge in [0, 0.05) is 11.9 Å². The van der Waals surface area contributed by atoms with Crippen LogP contribution in [-0.2, 0) is 19.4 Å². The molecular formula is C17H20N2O5S. The first-order valence-electron chi connectivity index (χ1n) is 7.57. The van der Waals surface area contributed by atoms with Gasteiger partial charge in [-0.1, -0.05) is 6.07 Å². The van der Waals surface area contributed by atoms with Crippen molar-refractivity contribution in [1.29, 1.82) is 0 Å². The van der Waals surface area contributed by atoms with Crippen LogP contribution in [0.5, 0.6) is 0 Å². The SMILES string of the molecule is Cc1ccc([C@@H](C)NC(=O)C(=O)Nc2cc(S(C)(=O)=O)ccc2C)o1. The Bertz CT molecular complexity index is 915. The molecule has 0 aliphatic heterocycles. The molecule has 0 bridgehead atoms. The Hall–Kier alpha value is -2.61. The first-order chi connectivity index (χ1) is 11.6. The highest BCUT2D eigenvalue weighted by atomic mass is 32.2. The number of amides is 2. The predicted molar refractivity (Wildman–Crippen MR) is 92.9 cm³/mol. The summed E-state index contributed by atoms with van der Waals surface area (Å²) in [6.07, 6.45) is 1.07. The zero-order chi connectivity index (χ0) is 18.8. The fourth-order valence-corrected chi connectivity index (χ4v) is 2.81. The maximum absolute atomic E-state index is 12.1. The molecule has 0 saturated carbocycles. The topological polar surface area (TPSA) is 105 Å². The van der Waals surface area contributed by atoms with Gasteiger partial charge in [0.1, 0.15) is 11.5 Å². The van der Waals surface area contributed by atoms with Crippen LogP contribution in [0.4, 0.5) is 5.69 Å². The number of nitrogens with one attached hydrogen (secondary N) is 2. The minimum Gasteiger partial charge on any atom is -0.464 e. The summed E-state index contributed by atoms with van der Waals surface area (Å²) in [5.41, 5.74) is 0.910. The maximum Gasteiger partial charge on any atom is 0.313 e. The molecule has 0 fully saturated rings. The summed E-state index contributed by atoms with van der Waals surface area (Å²) in [5.74, 6) is -0.489. The largest absolute Gasteiger partial charge is 0.464 e. The predicted octanol–water partition coefficient (Wildman–Crippen LogP) is 2.12. The second-order valence-electron chi connectivity index (χ2n) is 5.85. The Morgan fingerprint density at radius 1 is 1.08 bits per heavy atom. The Labute approximate surface area is 146 Å². The standard InChI is InChI=1S/C17H20N2O5S/c1-10-5-7-13(25(4,22)23)9-14(10)19-17(21)16(20)18-12(3)15-8-6-11(2)24-15/h5-9,12H,1-4H3,(H,18,20)(H,19,21)/t12-/m1/s1. The van der Waals surface area contributed by atoms with Crippen molar-refractivity contribution in [3.8, 4) is 0 Å². The Morgan fingerprint density at radius 2 is 1.76 bits per heavy atom. The first-order valence-corrected chi connectivity index (χ1v) is 9.46. The quantitative estimate of drug-likeness (QED) is 0.809. The molecule has 8 heteroatoms. The second-order valence-corrected chi connectivity index (χ2v) is 7.86. The highest BCUT2D eigenvalue weighted by molar-refractivity contribution is 7.90. The normalized spacial score (nSPS) is 12.5. The van der Waals surface area contributed by atoms with Gasteiger partial charge in [0.15, 0.2) is 9.84 Å². The fourth-order valence-electron chi connectivity index (χ4n) is 2.16. The van der Waals surface area contributed by atoms with Gasteiger partial charge in [-0.3, -0.25) is 9.59 Å². The van der Waals surface area contributed by atoms with Crippen LogP contribution in [0.25, 0.3) is 0 Å². The molecule has 25 heavy (non-hydrogen) atoms. The van der Waals surface area contributed by atoms with E-state index in [4.69, 9.17) is 4.42 Å². The summed E-state index contributed by atoms with van der Waals surface area (Å²) >= 11 is 0.